The molecule has 2 rings (SSSR count). The van der Waals surface area contributed by atoms with E-state index in [1.54, 1.807) is 25.6 Å². The highest BCUT2D eigenvalue weighted by Crippen LogP contribution is 2.08. The van der Waals surface area contributed by atoms with Crippen molar-refractivity contribution in [3.63, 3.8) is 0 Å². The van der Waals surface area contributed by atoms with Gasteiger partial charge in [-0.3, -0.25) is 0 Å². The fourth-order valence-corrected chi connectivity index (χ4v) is 1.27. The normalized spacial score (nSPS) is 10.5. The molecule has 78 valence electrons. The molecule has 0 bridgehead atoms. The van der Waals surface area contributed by atoms with Crippen molar-refractivity contribution in [1.29, 1.82) is 0 Å². The summed E-state index contributed by atoms with van der Waals surface area (Å²) in [5.74, 6) is 0.984. The van der Waals surface area contributed by atoms with Crippen LogP contribution in [0.4, 0.5) is 0 Å². The van der Waals surface area contributed by atoms with E-state index in [-0.39, 0.29) is 5.28 Å². The lowest BCUT2D eigenvalue weighted by molar-refractivity contribution is 0.175. The van der Waals surface area contributed by atoms with E-state index in [0.29, 0.717) is 18.4 Å². The molecule has 0 aliphatic heterocycles. The Hall–Kier alpha value is -1.53. The Morgan fingerprint density at radius 1 is 1.40 bits per heavy atom. The lowest BCUT2D eigenvalue weighted by Crippen LogP contribution is -2.07. The van der Waals surface area contributed by atoms with Gasteiger partial charge in [0.05, 0.1) is 0 Å². The number of rotatable bonds is 3. The molecule has 0 atom stereocenters. The first-order chi connectivity index (χ1) is 7.31. The first kappa shape index (κ1) is 10.0. The van der Waals surface area contributed by atoms with Gasteiger partial charge in [-0.2, -0.15) is 9.67 Å². The van der Waals surface area contributed by atoms with E-state index in [2.05, 4.69) is 20.1 Å². The van der Waals surface area contributed by atoms with Gasteiger partial charge in [0.1, 0.15) is 6.61 Å². The van der Waals surface area contributed by atoms with Crippen LogP contribution in [-0.2, 0) is 11.3 Å². The van der Waals surface area contributed by atoms with Crippen LogP contribution >= 0.6 is 11.6 Å². The number of methoxy groups -OCH3 is 1. The number of ether oxygens (including phenoxy) is 1. The molecule has 2 aromatic rings. The van der Waals surface area contributed by atoms with Gasteiger partial charge in [-0.1, -0.05) is 0 Å². The van der Waals surface area contributed by atoms with Crippen LogP contribution in [0.1, 0.15) is 5.82 Å². The predicted octanol–water partition coefficient (Wildman–Crippen LogP) is 0.857. The van der Waals surface area contributed by atoms with Gasteiger partial charge in [-0.25, -0.2) is 9.97 Å². The van der Waals surface area contributed by atoms with Crippen LogP contribution in [0.5, 0.6) is 0 Å². The minimum Gasteiger partial charge on any atom is -0.377 e. The number of hydrogen-bond acceptors (Lipinski definition) is 5. The third-order valence-electron chi connectivity index (χ3n) is 1.66. The standard InChI is InChI=1S/C8H8ClN5O/c1-15-5-6-12-7(9)13-14(6)8-10-3-2-4-11-8/h2-4H,5H2,1H3. The molecule has 0 aromatic carbocycles. The molecule has 15 heavy (non-hydrogen) atoms. The van der Waals surface area contributed by atoms with Crippen molar-refractivity contribution in [1.82, 2.24) is 24.7 Å². The molecule has 6 nitrogen and oxygen atoms in total. The molecule has 0 saturated carbocycles. The van der Waals surface area contributed by atoms with Gasteiger partial charge >= 0.3 is 0 Å². The second-order valence-corrected chi connectivity index (χ2v) is 3.03. The van der Waals surface area contributed by atoms with Gasteiger partial charge < -0.3 is 4.74 Å². The molecule has 0 radical (unpaired) electrons. The number of nitrogens with zero attached hydrogens (tertiary/aromatic N) is 5. The monoisotopic (exact) mass is 225 g/mol. The first-order valence-electron chi connectivity index (χ1n) is 4.19. The third kappa shape index (κ3) is 2.11. The van der Waals surface area contributed by atoms with E-state index in [4.69, 9.17) is 16.3 Å². The summed E-state index contributed by atoms with van der Waals surface area (Å²) in [6.45, 7) is 0.304. The molecule has 0 fully saturated rings. The first-order valence-corrected chi connectivity index (χ1v) is 4.57. The Balaban J connectivity index is 2.43. The Morgan fingerprint density at radius 3 is 2.80 bits per heavy atom. The van der Waals surface area contributed by atoms with Gasteiger partial charge in [-0.15, -0.1) is 5.10 Å². The van der Waals surface area contributed by atoms with Gasteiger partial charge in [-0.05, 0) is 17.7 Å². The second-order valence-electron chi connectivity index (χ2n) is 2.69. The van der Waals surface area contributed by atoms with Gasteiger partial charge in [0.2, 0.25) is 5.28 Å². The molecular formula is C8H8ClN5O. The van der Waals surface area contributed by atoms with Crippen LogP contribution in [0, 0.1) is 0 Å². The van der Waals surface area contributed by atoms with E-state index in [0.717, 1.165) is 0 Å². The maximum Gasteiger partial charge on any atom is 0.252 e. The maximum atomic E-state index is 5.70. The van der Waals surface area contributed by atoms with Crippen LogP contribution in [0.15, 0.2) is 18.5 Å². The number of hydrogen-bond donors (Lipinski definition) is 0. The summed E-state index contributed by atoms with van der Waals surface area (Å²) in [7, 11) is 1.57. The van der Waals surface area contributed by atoms with Crippen molar-refractivity contribution < 1.29 is 4.74 Å². The molecule has 0 saturated heterocycles. The molecular weight excluding hydrogens is 218 g/mol. The summed E-state index contributed by atoms with van der Waals surface area (Å²) >= 11 is 5.70. The highest BCUT2D eigenvalue weighted by molar-refractivity contribution is 6.28. The minimum atomic E-state index is 0.148. The fourth-order valence-electron chi connectivity index (χ4n) is 1.10. The average Bonchev–Trinajstić information content (AvgIpc) is 2.62. The van der Waals surface area contributed by atoms with E-state index < -0.39 is 0 Å². The van der Waals surface area contributed by atoms with Crippen LogP contribution in [0.3, 0.4) is 0 Å². The summed E-state index contributed by atoms with van der Waals surface area (Å²) in [4.78, 5) is 12.1. The van der Waals surface area contributed by atoms with E-state index >= 15 is 0 Å². The minimum absolute atomic E-state index is 0.148. The summed E-state index contributed by atoms with van der Waals surface area (Å²) in [6, 6.07) is 1.72. The molecule has 0 spiro atoms. The highest BCUT2D eigenvalue weighted by atomic mass is 35.5. The zero-order valence-corrected chi connectivity index (χ0v) is 8.72. The summed E-state index contributed by atoms with van der Waals surface area (Å²) in [5, 5.41) is 4.11. The molecule has 0 aliphatic rings. The van der Waals surface area contributed by atoms with Crippen molar-refractivity contribution >= 4 is 11.6 Å². The quantitative estimate of drug-likeness (QED) is 0.775. The van der Waals surface area contributed by atoms with Crippen molar-refractivity contribution in [2.45, 2.75) is 6.61 Å². The third-order valence-corrected chi connectivity index (χ3v) is 1.82. The Labute approximate surface area is 90.9 Å². The second kappa shape index (κ2) is 4.33. The van der Waals surface area contributed by atoms with E-state index in [1.807, 2.05) is 0 Å². The summed E-state index contributed by atoms with van der Waals surface area (Å²) in [5.41, 5.74) is 0. The topological polar surface area (TPSA) is 65.7 Å². The zero-order chi connectivity index (χ0) is 10.7. The Bertz CT molecular complexity index is 444. The van der Waals surface area contributed by atoms with Gasteiger partial charge in [0.25, 0.3) is 5.95 Å². The van der Waals surface area contributed by atoms with Crippen molar-refractivity contribution in [3.8, 4) is 5.95 Å². The highest BCUT2D eigenvalue weighted by Gasteiger charge is 2.11. The molecule has 0 aliphatic carbocycles. The summed E-state index contributed by atoms with van der Waals surface area (Å²) in [6.07, 6.45) is 3.24. The largest absolute Gasteiger partial charge is 0.377 e. The van der Waals surface area contributed by atoms with Crippen molar-refractivity contribution in [3.05, 3.63) is 29.6 Å². The SMILES string of the molecule is COCc1nc(Cl)nn1-c1ncccn1. The number of halogens is 1. The van der Waals surface area contributed by atoms with Crippen molar-refractivity contribution in [2.24, 2.45) is 0 Å². The fraction of sp³-hybridized carbons (Fsp3) is 0.250. The molecule has 7 heteroatoms. The van der Waals surface area contributed by atoms with E-state index in [1.165, 1.54) is 4.68 Å². The molecule has 2 aromatic heterocycles. The molecule has 0 N–H and O–H groups in total. The lowest BCUT2D eigenvalue weighted by Gasteiger charge is -2.01. The lowest BCUT2D eigenvalue weighted by atomic mass is 10.6. The zero-order valence-electron chi connectivity index (χ0n) is 7.96. The molecule has 0 amide bonds. The maximum absolute atomic E-state index is 5.70. The van der Waals surface area contributed by atoms with Crippen molar-refractivity contribution in [2.75, 3.05) is 7.11 Å². The number of aromatic nitrogens is 5. The van der Waals surface area contributed by atoms with E-state index in [9.17, 15) is 0 Å². The van der Waals surface area contributed by atoms with Crippen LogP contribution in [-0.4, -0.2) is 31.8 Å². The van der Waals surface area contributed by atoms with Gasteiger partial charge in [0, 0.05) is 19.5 Å². The average molecular weight is 226 g/mol. The molecule has 0 unspecified atom stereocenters. The van der Waals surface area contributed by atoms with Gasteiger partial charge in [0.15, 0.2) is 5.82 Å². The predicted molar refractivity (Wildman–Crippen MR) is 52.7 cm³/mol. The molecule has 2 heterocycles. The Kier molecular flexibility index (Phi) is 2.89. The Morgan fingerprint density at radius 2 is 2.13 bits per heavy atom. The summed E-state index contributed by atoms with van der Waals surface area (Å²) < 4.78 is 6.42. The van der Waals surface area contributed by atoms with Crippen LogP contribution in [0.2, 0.25) is 5.28 Å². The smallest absolute Gasteiger partial charge is 0.252 e. The van der Waals surface area contributed by atoms with Crippen LogP contribution in [0.25, 0.3) is 5.95 Å². The van der Waals surface area contributed by atoms with Crippen LogP contribution < -0.4 is 0 Å².